The summed E-state index contributed by atoms with van der Waals surface area (Å²) < 4.78 is 0. The summed E-state index contributed by atoms with van der Waals surface area (Å²) in [6.07, 6.45) is 6.21. The highest BCUT2D eigenvalue weighted by Gasteiger charge is 2.66. The van der Waals surface area contributed by atoms with Gasteiger partial charge in [-0.1, -0.05) is 19.9 Å². The predicted molar refractivity (Wildman–Crippen MR) is 90.0 cm³/mol. The molecule has 0 bridgehead atoms. The van der Waals surface area contributed by atoms with Crippen molar-refractivity contribution in [1.82, 2.24) is 0 Å². The van der Waals surface area contributed by atoms with E-state index in [4.69, 9.17) is 0 Å². The molecule has 4 nitrogen and oxygen atoms in total. The minimum absolute atomic E-state index is 0.00689. The lowest BCUT2D eigenvalue weighted by Crippen LogP contribution is -2.59. The van der Waals surface area contributed by atoms with Crippen LogP contribution in [0, 0.1) is 34.5 Å². The van der Waals surface area contributed by atoms with Crippen molar-refractivity contribution in [3.05, 3.63) is 12.2 Å². The van der Waals surface area contributed by atoms with Crippen molar-refractivity contribution in [3.8, 4) is 0 Å². The molecular weight excluding hydrogens is 304 g/mol. The monoisotopic (exact) mass is 334 g/mol. The highest BCUT2D eigenvalue weighted by Crippen LogP contribution is 2.67. The standard InChI is InChI=1S/C20H30O4/c1-18-6-4-11(21)8-15(18)16(22)9-12-13(18)5-7-19(2)14(12)10-17(23)20(19,3)24/h4,6,12-17,22-24H,5,7-10H2,1-3H3/t12-,13+,14+,15+,16-,17+,18-,19+,20+/m1/s1. The van der Waals surface area contributed by atoms with Crippen molar-refractivity contribution in [3.63, 3.8) is 0 Å². The molecule has 4 heteroatoms. The molecule has 0 saturated heterocycles. The molecule has 0 spiro atoms. The average Bonchev–Trinajstić information content (AvgIpc) is 2.69. The van der Waals surface area contributed by atoms with E-state index in [-0.39, 0.29) is 28.4 Å². The smallest absolute Gasteiger partial charge is 0.155 e. The number of rotatable bonds is 0. The third-order valence-corrected chi connectivity index (χ3v) is 8.73. The van der Waals surface area contributed by atoms with Crippen molar-refractivity contribution >= 4 is 5.78 Å². The highest BCUT2D eigenvalue weighted by molar-refractivity contribution is 5.91. The number of fused-ring (bicyclic) bond motifs is 5. The first kappa shape index (κ1) is 16.7. The van der Waals surface area contributed by atoms with Crippen molar-refractivity contribution in [2.75, 3.05) is 0 Å². The van der Waals surface area contributed by atoms with Crippen molar-refractivity contribution in [1.29, 1.82) is 0 Å². The maximum Gasteiger partial charge on any atom is 0.155 e. The van der Waals surface area contributed by atoms with Crippen LogP contribution >= 0.6 is 0 Å². The number of hydrogen-bond acceptors (Lipinski definition) is 4. The molecule has 0 radical (unpaired) electrons. The fourth-order valence-corrected chi connectivity index (χ4v) is 6.92. The summed E-state index contributed by atoms with van der Waals surface area (Å²) in [4.78, 5) is 11.9. The van der Waals surface area contributed by atoms with Gasteiger partial charge in [0.1, 0.15) is 0 Å². The number of hydrogen-bond donors (Lipinski definition) is 3. The summed E-state index contributed by atoms with van der Waals surface area (Å²) in [5, 5.41) is 32.2. The molecule has 3 N–H and O–H groups in total. The van der Waals surface area contributed by atoms with Gasteiger partial charge in [-0.25, -0.2) is 0 Å². The van der Waals surface area contributed by atoms with Gasteiger partial charge in [0.15, 0.2) is 5.78 Å². The number of aliphatic hydroxyl groups excluding tert-OH is 2. The summed E-state index contributed by atoms with van der Waals surface area (Å²) >= 11 is 0. The molecule has 4 aliphatic rings. The minimum atomic E-state index is -1.07. The predicted octanol–water partition coefficient (Wildman–Crippen LogP) is 2.07. The van der Waals surface area contributed by atoms with E-state index in [1.807, 2.05) is 0 Å². The Balaban J connectivity index is 1.74. The van der Waals surface area contributed by atoms with E-state index in [0.29, 0.717) is 31.1 Å². The zero-order valence-corrected chi connectivity index (χ0v) is 14.9. The third kappa shape index (κ3) is 1.88. The molecule has 24 heavy (non-hydrogen) atoms. The third-order valence-electron chi connectivity index (χ3n) is 8.73. The number of ketones is 1. The van der Waals surface area contributed by atoms with Gasteiger partial charge in [0, 0.05) is 17.8 Å². The molecule has 0 aromatic rings. The second kappa shape index (κ2) is 4.93. The van der Waals surface area contributed by atoms with Crippen LogP contribution in [0.3, 0.4) is 0 Å². The van der Waals surface area contributed by atoms with Gasteiger partial charge in [-0.05, 0) is 61.9 Å². The van der Waals surface area contributed by atoms with Crippen molar-refractivity contribution in [2.45, 2.75) is 70.7 Å². The van der Waals surface area contributed by atoms with E-state index in [1.165, 1.54) is 0 Å². The maximum atomic E-state index is 11.9. The molecule has 134 valence electrons. The Kier molecular flexibility index (Phi) is 3.44. The van der Waals surface area contributed by atoms with E-state index in [0.717, 1.165) is 12.8 Å². The number of allylic oxidation sites excluding steroid dienone is 2. The van der Waals surface area contributed by atoms with E-state index < -0.39 is 17.8 Å². The van der Waals surface area contributed by atoms with Crippen LogP contribution in [0.4, 0.5) is 0 Å². The van der Waals surface area contributed by atoms with Crippen LogP contribution in [0.5, 0.6) is 0 Å². The molecule has 0 heterocycles. The quantitative estimate of drug-likeness (QED) is 0.634. The fraction of sp³-hybridized carbons (Fsp3) is 0.850. The molecule has 4 rings (SSSR count). The Labute approximate surface area is 144 Å². The van der Waals surface area contributed by atoms with E-state index in [2.05, 4.69) is 19.9 Å². The molecular formula is C20H30O4. The second-order valence-electron chi connectivity index (χ2n) is 9.51. The summed E-state index contributed by atoms with van der Waals surface area (Å²) in [5.74, 6) is 1.05. The molecule has 0 aliphatic heterocycles. The number of aliphatic hydroxyl groups is 3. The summed E-state index contributed by atoms with van der Waals surface area (Å²) in [5.41, 5.74) is -1.52. The van der Waals surface area contributed by atoms with Crippen LogP contribution in [0.25, 0.3) is 0 Å². The molecule has 0 amide bonds. The van der Waals surface area contributed by atoms with Crippen molar-refractivity contribution in [2.24, 2.45) is 34.5 Å². The number of carbonyl (C=O) groups excluding carboxylic acids is 1. The Hall–Kier alpha value is -0.710. The highest BCUT2D eigenvalue weighted by atomic mass is 16.3. The Morgan fingerprint density at radius 1 is 1.08 bits per heavy atom. The average molecular weight is 334 g/mol. The van der Waals surface area contributed by atoms with Crippen LogP contribution in [0.1, 0.15) is 52.9 Å². The van der Waals surface area contributed by atoms with Crippen molar-refractivity contribution < 1.29 is 20.1 Å². The van der Waals surface area contributed by atoms with Crippen LogP contribution in [0.15, 0.2) is 12.2 Å². The molecule has 4 aliphatic carbocycles. The Morgan fingerprint density at radius 2 is 1.79 bits per heavy atom. The van der Waals surface area contributed by atoms with Gasteiger partial charge in [0.2, 0.25) is 0 Å². The zero-order chi connectivity index (χ0) is 17.5. The van der Waals surface area contributed by atoms with Gasteiger partial charge in [-0.3, -0.25) is 4.79 Å². The van der Waals surface area contributed by atoms with E-state index in [9.17, 15) is 20.1 Å². The lowest BCUT2D eigenvalue weighted by atomic mass is 9.45. The fourth-order valence-electron chi connectivity index (χ4n) is 6.92. The Morgan fingerprint density at radius 3 is 2.50 bits per heavy atom. The SMILES string of the molecule is C[C@]12C=CC(=O)C[C@H]1[C@H](O)C[C@@H]1[C@@H]2CC[C@@]2(C)[C@H]1C[C@H](O)[C@]2(C)O. The van der Waals surface area contributed by atoms with Gasteiger partial charge >= 0.3 is 0 Å². The van der Waals surface area contributed by atoms with E-state index >= 15 is 0 Å². The van der Waals surface area contributed by atoms with Crippen LogP contribution < -0.4 is 0 Å². The second-order valence-corrected chi connectivity index (χ2v) is 9.51. The topological polar surface area (TPSA) is 77.8 Å². The molecule has 0 aromatic heterocycles. The van der Waals surface area contributed by atoms with Gasteiger partial charge < -0.3 is 15.3 Å². The van der Waals surface area contributed by atoms with Gasteiger partial charge in [0.25, 0.3) is 0 Å². The molecule has 3 saturated carbocycles. The lowest BCUT2D eigenvalue weighted by molar-refractivity contribution is -0.167. The van der Waals surface area contributed by atoms with Gasteiger partial charge in [-0.2, -0.15) is 0 Å². The summed E-state index contributed by atoms with van der Waals surface area (Å²) in [6.45, 7) is 6.10. The lowest BCUT2D eigenvalue weighted by Gasteiger charge is -2.60. The molecule has 0 aromatic carbocycles. The summed E-state index contributed by atoms with van der Waals surface area (Å²) in [6, 6.07) is 0. The first-order chi connectivity index (χ1) is 11.1. The van der Waals surface area contributed by atoms with E-state index in [1.54, 1.807) is 13.0 Å². The zero-order valence-electron chi connectivity index (χ0n) is 14.9. The van der Waals surface area contributed by atoms with Gasteiger partial charge in [-0.15, -0.1) is 0 Å². The molecule has 0 unspecified atom stereocenters. The normalized spacial score (nSPS) is 59.7. The van der Waals surface area contributed by atoms with Gasteiger partial charge in [0.05, 0.1) is 17.8 Å². The van der Waals surface area contributed by atoms with Crippen LogP contribution in [-0.4, -0.2) is 38.9 Å². The molecule has 3 fully saturated rings. The first-order valence-electron chi connectivity index (χ1n) is 9.42. The summed E-state index contributed by atoms with van der Waals surface area (Å²) in [7, 11) is 0. The maximum absolute atomic E-state index is 11.9. The Bertz CT molecular complexity index is 596. The molecule has 9 atom stereocenters. The largest absolute Gasteiger partial charge is 0.393 e. The van der Waals surface area contributed by atoms with Crippen LogP contribution in [0.2, 0.25) is 0 Å². The first-order valence-corrected chi connectivity index (χ1v) is 9.42. The minimum Gasteiger partial charge on any atom is -0.393 e. The van der Waals surface area contributed by atoms with Crippen LogP contribution in [-0.2, 0) is 4.79 Å². The number of carbonyl (C=O) groups is 1.